The van der Waals surface area contributed by atoms with Crippen LogP contribution in [0, 0.1) is 0 Å². The highest BCUT2D eigenvalue weighted by Crippen LogP contribution is 2.40. The summed E-state index contributed by atoms with van der Waals surface area (Å²) in [6, 6.07) is 12.0. The number of rotatable bonds is 4. The number of sulfonamides is 1. The first-order valence-corrected chi connectivity index (χ1v) is 11.8. The predicted octanol–water partition coefficient (Wildman–Crippen LogP) is 4.22. The van der Waals surface area contributed by atoms with Gasteiger partial charge in [0.25, 0.3) is 0 Å². The number of aromatic nitrogens is 1. The Bertz CT molecular complexity index is 1240. The second-order valence-electron chi connectivity index (χ2n) is 8.24. The van der Waals surface area contributed by atoms with Crippen LogP contribution in [0.1, 0.15) is 51.8 Å². The van der Waals surface area contributed by atoms with Crippen molar-refractivity contribution in [3.8, 4) is 5.75 Å². The Labute approximate surface area is 174 Å². The highest BCUT2D eigenvalue weighted by molar-refractivity contribution is 7.89. The van der Waals surface area contributed by atoms with Crippen molar-refractivity contribution in [1.29, 1.82) is 0 Å². The molecule has 0 unspecified atom stereocenters. The van der Waals surface area contributed by atoms with Crippen molar-refractivity contribution in [2.45, 2.75) is 56.7 Å². The molecular formula is C21H24N2O4S2. The molecule has 0 radical (unpaired) electrons. The molecule has 1 aliphatic heterocycles. The number of fused-ring (bicyclic) bond motifs is 2. The van der Waals surface area contributed by atoms with Gasteiger partial charge in [-0.05, 0) is 52.0 Å². The zero-order valence-electron chi connectivity index (χ0n) is 16.8. The average molecular weight is 433 g/mol. The molecule has 154 valence electrons. The van der Waals surface area contributed by atoms with Gasteiger partial charge in [0, 0.05) is 18.0 Å². The van der Waals surface area contributed by atoms with Crippen LogP contribution in [0.25, 0.3) is 10.2 Å². The fourth-order valence-electron chi connectivity index (χ4n) is 3.84. The Morgan fingerprint density at radius 3 is 2.66 bits per heavy atom. The molecule has 8 heteroatoms. The van der Waals surface area contributed by atoms with Crippen molar-refractivity contribution < 1.29 is 13.2 Å². The Hall–Kier alpha value is -2.16. The van der Waals surface area contributed by atoms with Gasteiger partial charge in [0.05, 0.1) is 21.2 Å². The third kappa shape index (κ3) is 3.72. The van der Waals surface area contributed by atoms with Gasteiger partial charge in [0.1, 0.15) is 11.4 Å². The first-order valence-electron chi connectivity index (χ1n) is 9.53. The molecule has 0 amide bonds. The van der Waals surface area contributed by atoms with Gasteiger partial charge in [-0.25, -0.2) is 13.1 Å². The molecule has 0 bridgehead atoms. The van der Waals surface area contributed by atoms with Gasteiger partial charge >= 0.3 is 4.87 Å². The second kappa shape index (κ2) is 6.97. The summed E-state index contributed by atoms with van der Waals surface area (Å²) >= 11 is 1.07. The minimum atomic E-state index is -3.78. The molecular weight excluding hydrogens is 408 g/mol. The van der Waals surface area contributed by atoms with Crippen LogP contribution in [0.15, 0.2) is 52.2 Å². The van der Waals surface area contributed by atoms with Crippen LogP contribution in [0.2, 0.25) is 0 Å². The molecule has 29 heavy (non-hydrogen) atoms. The largest absolute Gasteiger partial charge is 0.487 e. The van der Waals surface area contributed by atoms with Crippen LogP contribution in [0.5, 0.6) is 5.75 Å². The lowest BCUT2D eigenvalue weighted by atomic mass is 9.90. The number of benzene rings is 2. The van der Waals surface area contributed by atoms with E-state index in [0.29, 0.717) is 16.9 Å². The minimum absolute atomic E-state index is 0.0119. The van der Waals surface area contributed by atoms with Crippen LogP contribution in [0.3, 0.4) is 0 Å². The lowest BCUT2D eigenvalue weighted by Crippen LogP contribution is -2.41. The summed E-state index contributed by atoms with van der Waals surface area (Å²) in [5, 5.41) is 0. The van der Waals surface area contributed by atoms with E-state index in [1.807, 2.05) is 52.0 Å². The Balaban J connectivity index is 1.72. The highest BCUT2D eigenvalue weighted by Gasteiger charge is 2.36. The lowest BCUT2D eigenvalue weighted by molar-refractivity contribution is 0.0702. The van der Waals surface area contributed by atoms with Crippen LogP contribution in [-0.4, -0.2) is 18.6 Å². The normalized spacial score (nSPS) is 18.6. The van der Waals surface area contributed by atoms with Crippen LogP contribution in [0.4, 0.5) is 0 Å². The van der Waals surface area contributed by atoms with Crippen LogP contribution < -0.4 is 14.3 Å². The van der Waals surface area contributed by atoms with Gasteiger partial charge in [-0.3, -0.25) is 9.36 Å². The summed E-state index contributed by atoms with van der Waals surface area (Å²) < 4.78 is 37.5. The predicted molar refractivity (Wildman–Crippen MR) is 115 cm³/mol. The maximum atomic E-state index is 13.2. The van der Waals surface area contributed by atoms with Crippen molar-refractivity contribution in [3.05, 3.63) is 57.7 Å². The van der Waals surface area contributed by atoms with Crippen molar-refractivity contribution in [3.63, 3.8) is 0 Å². The number of hydrogen-bond acceptors (Lipinski definition) is 5. The molecule has 0 aliphatic carbocycles. The van der Waals surface area contributed by atoms with Gasteiger partial charge in [-0.1, -0.05) is 29.5 Å². The van der Waals surface area contributed by atoms with Gasteiger partial charge < -0.3 is 4.74 Å². The fraction of sp³-hybridized carbons (Fsp3) is 0.381. The van der Waals surface area contributed by atoms with E-state index in [1.54, 1.807) is 22.8 Å². The maximum absolute atomic E-state index is 13.2. The van der Waals surface area contributed by atoms with E-state index in [2.05, 4.69) is 4.72 Å². The van der Waals surface area contributed by atoms with Crippen molar-refractivity contribution in [1.82, 2.24) is 9.29 Å². The third-order valence-corrected chi connectivity index (χ3v) is 7.47. The number of nitrogens with one attached hydrogen (secondary N) is 1. The summed E-state index contributed by atoms with van der Waals surface area (Å²) in [6.07, 6.45) is 0.516. The minimum Gasteiger partial charge on any atom is -0.487 e. The van der Waals surface area contributed by atoms with Crippen molar-refractivity contribution >= 4 is 31.6 Å². The molecule has 2 aromatic carbocycles. The molecule has 0 spiro atoms. The SMILES string of the molecule is CC(C)n1c(=O)sc2cc(S(=O)(=O)N[C@@H]3CC(C)(C)Oc4ccccc43)ccc21. The topological polar surface area (TPSA) is 77.4 Å². The van der Waals surface area contributed by atoms with Gasteiger partial charge in [-0.2, -0.15) is 0 Å². The number of hydrogen-bond donors (Lipinski definition) is 1. The van der Waals surface area contributed by atoms with E-state index >= 15 is 0 Å². The fourth-order valence-corrected chi connectivity index (χ4v) is 6.20. The highest BCUT2D eigenvalue weighted by atomic mass is 32.2. The Kier molecular flexibility index (Phi) is 4.83. The van der Waals surface area contributed by atoms with E-state index in [0.717, 1.165) is 22.4 Å². The molecule has 1 atom stereocenters. The van der Waals surface area contributed by atoms with Crippen LogP contribution in [-0.2, 0) is 10.0 Å². The number of para-hydroxylation sites is 1. The van der Waals surface area contributed by atoms with E-state index in [-0.39, 0.29) is 15.8 Å². The molecule has 0 saturated heterocycles. The van der Waals surface area contributed by atoms with E-state index < -0.39 is 21.7 Å². The first-order chi connectivity index (χ1) is 13.6. The second-order valence-corrected chi connectivity index (χ2v) is 10.9. The lowest BCUT2D eigenvalue weighted by Gasteiger charge is -2.37. The van der Waals surface area contributed by atoms with Gasteiger partial charge in [0.2, 0.25) is 10.0 Å². The van der Waals surface area contributed by atoms with E-state index in [1.165, 1.54) is 0 Å². The maximum Gasteiger partial charge on any atom is 0.308 e. The third-order valence-electron chi connectivity index (χ3n) is 5.09. The molecule has 2 heterocycles. The summed E-state index contributed by atoms with van der Waals surface area (Å²) in [6.45, 7) is 7.76. The van der Waals surface area contributed by atoms with Gasteiger partial charge in [0.15, 0.2) is 0 Å². The number of nitrogens with zero attached hydrogens (tertiary/aromatic N) is 1. The Morgan fingerprint density at radius 1 is 1.21 bits per heavy atom. The van der Waals surface area contributed by atoms with Gasteiger partial charge in [-0.15, -0.1) is 0 Å². The average Bonchev–Trinajstić information content (AvgIpc) is 2.95. The molecule has 0 fully saturated rings. The van der Waals surface area contributed by atoms with Crippen LogP contribution >= 0.6 is 11.3 Å². The molecule has 0 saturated carbocycles. The summed E-state index contributed by atoms with van der Waals surface area (Å²) in [5.41, 5.74) is 1.10. The zero-order valence-corrected chi connectivity index (χ0v) is 18.4. The standard InChI is InChI=1S/C21H24N2O4S2/c1-13(2)23-17-10-9-14(11-19(17)28-20(23)24)29(25,26)22-16-12-21(3,4)27-18-8-6-5-7-15(16)18/h5-11,13,16,22H,12H2,1-4H3/t16-/m1/s1. The molecule has 1 N–H and O–H groups in total. The molecule has 1 aromatic heterocycles. The molecule has 4 rings (SSSR count). The molecule has 6 nitrogen and oxygen atoms in total. The summed E-state index contributed by atoms with van der Waals surface area (Å²) in [4.78, 5) is 12.3. The summed E-state index contributed by atoms with van der Waals surface area (Å²) in [7, 11) is -3.78. The van der Waals surface area contributed by atoms with Crippen molar-refractivity contribution in [2.24, 2.45) is 0 Å². The monoisotopic (exact) mass is 432 g/mol. The zero-order chi connectivity index (χ0) is 21.0. The first kappa shape index (κ1) is 20.1. The van der Waals surface area contributed by atoms with E-state index in [9.17, 15) is 13.2 Å². The molecule has 3 aromatic rings. The number of thiazole rings is 1. The molecule has 1 aliphatic rings. The smallest absolute Gasteiger partial charge is 0.308 e. The van der Waals surface area contributed by atoms with E-state index in [4.69, 9.17) is 4.74 Å². The quantitative estimate of drug-likeness (QED) is 0.669. The Morgan fingerprint density at radius 2 is 1.93 bits per heavy atom. The number of ether oxygens (including phenoxy) is 1. The van der Waals surface area contributed by atoms with Crippen molar-refractivity contribution in [2.75, 3.05) is 0 Å². The summed E-state index contributed by atoms with van der Waals surface area (Å²) in [5.74, 6) is 0.694.